The fourth-order valence-corrected chi connectivity index (χ4v) is 2.50. The molecule has 0 fully saturated rings. The molecule has 0 bridgehead atoms. The molecule has 0 saturated carbocycles. The third-order valence-electron chi connectivity index (χ3n) is 3.10. The van der Waals surface area contributed by atoms with Gasteiger partial charge >= 0.3 is 6.18 Å². The van der Waals surface area contributed by atoms with Gasteiger partial charge in [0.2, 0.25) is 5.91 Å². The van der Waals surface area contributed by atoms with Crippen LogP contribution in [0.3, 0.4) is 0 Å². The van der Waals surface area contributed by atoms with Crippen LogP contribution in [0.4, 0.5) is 24.5 Å². The maximum Gasteiger partial charge on any atom is 0.417 e. The standard InChI is InChI=1S/C15H12F3N3O3S/c1-9-2-4-11(6-12(9)21(23)24)20-13(22)8-25-14-5-3-10(7-19-14)15(16,17)18/h2-7H,8H2,1H3,(H,20,22). The number of pyridine rings is 1. The van der Waals surface area contributed by atoms with E-state index in [1.165, 1.54) is 24.3 Å². The monoisotopic (exact) mass is 371 g/mol. The summed E-state index contributed by atoms with van der Waals surface area (Å²) in [7, 11) is 0. The Kier molecular flexibility index (Phi) is 5.62. The van der Waals surface area contributed by atoms with Crippen LogP contribution in [0.1, 0.15) is 11.1 Å². The number of nitro groups is 1. The van der Waals surface area contributed by atoms with E-state index in [4.69, 9.17) is 0 Å². The Bertz CT molecular complexity index is 795. The van der Waals surface area contributed by atoms with Gasteiger partial charge in [-0.25, -0.2) is 4.98 Å². The number of carbonyl (C=O) groups is 1. The smallest absolute Gasteiger partial charge is 0.325 e. The van der Waals surface area contributed by atoms with E-state index in [0.29, 0.717) is 11.8 Å². The molecule has 0 radical (unpaired) electrons. The number of thioether (sulfide) groups is 1. The fraction of sp³-hybridized carbons (Fsp3) is 0.200. The zero-order valence-electron chi connectivity index (χ0n) is 12.8. The Labute approximate surface area is 144 Å². The third-order valence-corrected chi connectivity index (χ3v) is 4.05. The van der Waals surface area contributed by atoms with Crippen LogP contribution in [0, 0.1) is 17.0 Å². The predicted molar refractivity (Wildman–Crippen MR) is 86.4 cm³/mol. The average Bonchev–Trinajstić information content (AvgIpc) is 2.54. The van der Waals surface area contributed by atoms with Crippen LogP contribution >= 0.6 is 11.8 Å². The highest BCUT2D eigenvalue weighted by atomic mass is 32.2. The maximum atomic E-state index is 12.4. The molecule has 0 aliphatic carbocycles. The van der Waals surface area contributed by atoms with Crippen molar-refractivity contribution in [1.29, 1.82) is 0 Å². The number of nitrogens with one attached hydrogen (secondary N) is 1. The van der Waals surface area contributed by atoms with Crippen LogP contribution in [0.15, 0.2) is 41.6 Å². The normalized spacial score (nSPS) is 11.2. The first-order chi connectivity index (χ1) is 11.7. The summed E-state index contributed by atoms with van der Waals surface area (Å²) in [6, 6.07) is 6.35. The molecule has 0 spiro atoms. The van der Waals surface area contributed by atoms with E-state index in [2.05, 4.69) is 10.3 Å². The lowest BCUT2D eigenvalue weighted by molar-refractivity contribution is -0.385. The number of hydrogen-bond acceptors (Lipinski definition) is 5. The molecule has 0 atom stereocenters. The Morgan fingerprint density at radius 2 is 2.04 bits per heavy atom. The molecule has 1 amide bonds. The number of halogens is 3. The summed E-state index contributed by atoms with van der Waals surface area (Å²) >= 11 is 0.956. The summed E-state index contributed by atoms with van der Waals surface area (Å²) < 4.78 is 37.3. The lowest BCUT2D eigenvalue weighted by atomic mass is 10.2. The first-order valence-corrected chi connectivity index (χ1v) is 7.86. The highest BCUT2D eigenvalue weighted by Gasteiger charge is 2.30. The van der Waals surface area contributed by atoms with Crippen molar-refractivity contribution in [2.45, 2.75) is 18.1 Å². The van der Waals surface area contributed by atoms with Gasteiger partial charge in [0.25, 0.3) is 5.69 Å². The second-order valence-electron chi connectivity index (χ2n) is 4.98. The molecule has 25 heavy (non-hydrogen) atoms. The summed E-state index contributed by atoms with van der Waals surface area (Å²) in [5.41, 5.74) is -0.252. The van der Waals surface area contributed by atoms with Crippen LogP contribution in [0.2, 0.25) is 0 Å². The van der Waals surface area contributed by atoms with Gasteiger partial charge in [-0.05, 0) is 25.1 Å². The second kappa shape index (κ2) is 7.51. The maximum absolute atomic E-state index is 12.4. The first-order valence-electron chi connectivity index (χ1n) is 6.88. The molecule has 0 unspecified atom stereocenters. The molecule has 0 aliphatic rings. The van der Waals surface area contributed by atoms with Crippen LogP contribution in [-0.2, 0) is 11.0 Å². The van der Waals surface area contributed by atoms with Crippen molar-refractivity contribution in [1.82, 2.24) is 4.98 Å². The molecular formula is C15H12F3N3O3S. The minimum atomic E-state index is -4.46. The molecule has 0 aliphatic heterocycles. The highest BCUT2D eigenvalue weighted by Crippen LogP contribution is 2.29. The van der Waals surface area contributed by atoms with E-state index >= 15 is 0 Å². The largest absolute Gasteiger partial charge is 0.417 e. The Hall–Kier alpha value is -2.62. The summed E-state index contributed by atoms with van der Waals surface area (Å²) in [5.74, 6) is -0.551. The van der Waals surface area contributed by atoms with E-state index in [-0.39, 0.29) is 22.2 Å². The van der Waals surface area contributed by atoms with E-state index < -0.39 is 22.6 Å². The first kappa shape index (κ1) is 18.7. The van der Waals surface area contributed by atoms with Crippen molar-refractivity contribution in [3.8, 4) is 0 Å². The Morgan fingerprint density at radius 3 is 2.60 bits per heavy atom. The van der Waals surface area contributed by atoms with Gasteiger partial charge in [0.15, 0.2) is 0 Å². The SMILES string of the molecule is Cc1ccc(NC(=O)CSc2ccc(C(F)(F)F)cn2)cc1[N+](=O)[O-]. The molecule has 1 aromatic heterocycles. The van der Waals surface area contributed by atoms with Gasteiger partial charge in [-0.2, -0.15) is 13.2 Å². The number of aryl methyl sites for hydroxylation is 1. The number of anilines is 1. The lowest BCUT2D eigenvalue weighted by Crippen LogP contribution is -2.14. The van der Waals surface area contributed by atoms with Gasteiger partial charge in [0.05, 0.1) is 21.3 Å². The average molecular weight is 371 g/mol. The zero-order valence-corrected chi connectivity index (χ0v) is 13.6. The van der Waals surface area contributed by atoms with Crippen molar-refractivity contribution in [2.75, 3.05) is 11.1 Å². The van der Waals surface area contributed by atoms with Gasteiger partial charge in [-0.3, -0.25) is 14.9 Å². The molecule has 1 heterocycles. The number of benzene rings is 1. The number of hydrogen-bond donors (Lipinski definition) is 1. The van der Waals surface area contributed by atoms with Crippen LogP contribution < -0.4 is 5.32 Å². The number of nitro benzene ring substituents is 1. The molecule has 2 rings (SSSR count). The Morgan fingerprint density at radius 1 is 1.32 bits per heavy atom. The third kappa shape index (κ3) is 5.18. The van der Waals surface area contributed by atoms with Crippen molar-refractivity contribution >= 4 is 29.0 Å². The number of nitrogens with zero attached hydrogens (tertiary/aromatic N) is 2. The second-order valence-corrected chi connectivity index (χ2v) is 5.97. The summed E-state index contributed by atoms with van der Waals surface area (Å²) in [4.78, 5) is 25.8. The fourth-order valence-electron chi connectivity index (χ4n) is 1.85. The van der Waals surface area contributed by atoms with Crippen molar-refractivity contribution < 1.29 is 22.9 Å². The zero-order chi connectivity index (χ0) is 18.6. The molecule has 2 aromatic rings. The van der Waals surface area contributed by atoms with E-state index in [1.807, 2.05) is 0 Å². The molecule has 10 heteroatoms. The minimum absolute atomic E-state index is 0.0972. The number of carbonyl (C=O) groups excluding carboxylic acids is 1. The van der Waals surface area contributed by atoms with Crippen molar-refractivity contribution in [3.05, 3.63) is 57.8 Å². The van der Waals surface area contributed by atoms with Crippen molar-refractivity contribution in [3.63, 3.8) is 0 Å². The quantitative estimate of drug-likeness (QED) is 0.487. The molecule has 1 aromatic carbocycles. The van der Waals surface area contributed by atoms with Gasteiger partial charge in [-0.1, -0.05) is 17.8 Å². The van der Waals surface area contributed by atoms with Gasteiger partial charge in [0.1, 0.15) is 0 Å². The molecular weight excluding hydrogens is 359 g/mol. The lowest BCUT2D eigenvalue weighted by Gasteiger charge is -2.07. The molecule has 132 valence electrons. The molecule has 6 nitrogen and oxygen atoms in total. The van der Waals surface area contributed by atoms with Crippen molar-refractivity contribution in [2.24, 2.45) is 0 Å². The Balaban J connectivity index is 1.95. The van der Waals surface area contributed by atoms with E-state index in [0.717, 1.165) is 17.8 Å². The van der Waals surface area contributed by atoms with Crippen LogP contribution in [0.5, 0.6) is 0 Å². The molecule has 1 N–H and O–H groups in total. The number of rotatable bonds is 5. The van der Waals surface area contributed by atoms with Gasteiger partial charge in [-0.15, -0.1) is 0 Å². The highest BCUT2D eigenvalue weighted by molar-refractivity contribution is 7.99. The predicted octanol–water partition coefficient (Wildman–Crippen LogP) is 4.05. The van der Waals surface area contributed by atoms with Crippen LogP contribution in [0.25, 0.3) is 0 Å². The summed E-state index contributed by atoms with van der Waals surface area (Å²) in [6.07, 6.45) is -3.77. The topological polar surface area (TPSA) is 85.1 Å². The summed E-state index contributed by atoms with van der Waals surface area (Å²) in [6.45, 7) is 1.58. The van der Waals surface area contributed by atoms with Crippen LogP contribution in [-0.4, -0.2) is 21.6 Å². The molecule has 0 saturated heterocycles. The minimum Gasteiger partial charge on any atom is -0.325 e. The van der Waals surface area contributed by atoms with Gasteiger partial charge in [0, 0.05) is 23.5 Å². The summed E-state index contributed by atoms with van der Waals surface area (Å²) in [5, 5.41) is 13.6. The van der Waals surface area contributed by atoms with Gasteiger partial charge < -0.3 is 5.32 Å². The number of amides is 1. The number of alkyl halides is 3. The van der Waals surface area contributed by atoms with E-state index in [9.17, 15) is 28.1 Å². The number of aromatic nitrogens is 1. The van der Waals surface area contributed by atoms with E-state index in [1.54, 1.807) is 6.92 Å².